The summed E-state index contributed by atoms with van der Waals surface area (Å²) in [6, 6.07) is 13.3. The van der Waals surface area contributed by atoms with Crippen molar-refractivity contribution in [2.45, 2.75) is 12.5 Å². The van der Waals surface area contributed by atoms with E-state index in [2.05, 4.69) is 11.1 Å². The van der Waals surface area contributed by atoms with Gasteiger partial charge >= 0.3 is 0 Å². The van der Waals surface area contributed by atoms with Crippen LogP contribution >= 0.6 is 0 Å². The van der Waals surface area contributed by atoms with E-state index in [-0.39, 0.29) is 0 Å². The van der Waals surface area contributed by atoms with Crippen molar-refractivity contribution in [3.05, 3.63) is 65.5 Å². The Morgan fingerprint density at radius 2 is 2.00 bits per heavy atom. The number of nitrogens with zero attached hydrogens (tertiary/aromatic N) is 2. The van der Waals surface area contributed by atoms with Gasteiger partial charge in [-0.2, -0.15) is 5.26 Å². The summed E-state index contributed by atoms with van der Waals surface area (Å²) in [6.45, 7) is 0. The molecule has 0 aliphatic heterocycles. The first-order valence-corrected chi connectivity index (χ1v) is 5.37. The van der Waals surface area contributed by atoms with Crippen LogP contribution in [-0.2, 0) is 6.42 Å². The molecule has 0 aliphatic carbocycles. The van der Waals surface area contributed by atoms with Crippen molar-refractivity contribution in [3.63, 3.8) is 0 Å². The van der Waals surface area contributed by atoms with Crippen LogP contribution in [0, 0.1) is 11.3 Å². The predicted molar refractivity (Wildman–Crippen MR) is 64.1 cm³/mol. The lowest BCUT2D eigenvalue weighted by Gasteiger charge is -2.11. The van der Waals surface area contributed by atoms with Crippen molar-refractivity contribution in [2.24, 2.45) is 0 Å². The molecule has 1 unspecified atom stereocenters. The zero-order valence-corrected chi connectivity index (χ0v) is 9.24. The largest absolute Gasteiger partial charge is 0.388 e. The standard InChI is InChI=1S/C14H12N2O/c15-9-13-10-16-7-6-12(13)8-14(17)11-4-2-1-3-5-11/h1-7,10,14,17H,8H2. The van der Waals surface area contributed by atoms with Crippen molar-refractivity contribution in [1.29, 1.82) is 5.26 Å². The average molecular weight is 224 g/mol. The summed E-state index contributed by atoms with van der Waals surface area (Å²) in [5, 5.41) is 19.0. The molecule has 0 radical (unpaired) electrons. The van der Waals surface area contributed by atoms with E-state index in [1.54, 1.807) is 12.3 Å². The number of nitriles is 1. The molecule has 3 nitrogen and oxygen atoms in total. The van der Waals surface area contributed by atoms with Gasteiger partial charge in [0.1, 0.15) is 6.07 Å². The van der Waals surface area contributed by atoms with Crippen molar-refractivity contribution in [1.82, 2.24) is 4.98 Å². The highest BCUT2D eigenvalue weighted by atomic mass is 16.3. The number of aliphatic hydroxyl groups excluding tert-OH is 1. The smallest absolute Gasteiger partial charge is 0.101 e. The number of pyridine rings is 1. The van der Waals surface area contributed by atoms with Gasteiger partial charge < -0.3 is 5.11 Å². The number of benzene rings is 1. The second-order valence-electron chi connectivity index (χ2n) is 3.78. The number of hydrogen-bond donors (Lipinski definition) is 1. The quantitative estimate of drug-likeness (QED) is 0.869. The first-order valence-electron chi connectivity index (χ1n) is 5.37. The summed E-state index contributed by atoms with van der Waals surface area (Å²) in [6.07, 6.45) is 2.99. The van der Waals surface area contributed by atoms with E-state index in [1.807, 2.05) is 30.3 Å². The maximum Gasteiger partial charge on any atom is 0.101 e. The van der Waals surface area contributed by atoms with Gasteiger partial charge in [-0.3, -0.25) is 4.98 Å². The molecule has 1 aromatic heterocycles. The Morgan fingerprint density at radius 3 is 2.71 bits per heavy atom. The number of rotatable bonds is 3. The third-order valence-corrected chi connectivity index (χ3v) is 2.63. The van der Waals surface area contributed by atoms with Gasteiger partial charge in [0.25, 0.3) is 0 Å². The molecule has 0 spiro atoms. The summed E-state index contributed by atoms with van der Waals surface area (Å²) in [7, 11) is 0. The maximum atomic E-state index is 10.1. The van der Waals surface area contributed by atoms with Crippen LogP contribution in [0.4, 0.5) is 0 Å². The Labute approximate surface area is 100.0 Å². The minimum Gasteiger partial charge on any atom is -0.388 e. The van der Waals surface area contributed by atoms with E-state index < -0.39 is 6.10 Å². The van der Waals surface area contributed by atoms with Gasteiger partial charge in [0.2, 0.25) is 0 Å². The first-order chi connectivity index (χ1) is 8.31. The molecule has 0 aliphatic rings. The second-order valence-corrected chi connectivity index (χ2v) is 3.78. The molecule has 17 heavy (non-hydrogen) atoms. The molecule has 1 heterocycles. The monoisotopic (exact) mass is 224 g/mol. The van der Waals surface area contributed by atoms with Crippen LogP contribution in [-0.4, -0.2) is 10.1 Å². The number of aliphatic hydroxyl groups is 1. The lowest BCUT2D eigenvalue weighted by atomic mass is 9.99. The fourth-order valence-corrected chi connectivity index (χ4v) is 1.70. The highest BCUT2D eigenvalue weighted by Crippen LogP contribution is 2.19. The van der Waals surface area contributed by atoms with E-state index in [0.29, 0.717) is 12.0 Å². The van der Waals surface area contributed by atoms with Crippen LogP contribution < -0.4 is 0 Å². The highest BCUT2D eigenvalue weighted by Gasteiger charge is 2.10. The Morgan fingerprint density at radius 1 is 1.24 bits per heavy atom. The SMILES string of the molecule is N#Cc1cnccc1CC(O)c1ccccc1. The molecule has 1 aromatic carbocycles. The van der Waals surface area contributed by atoms with E-state index in [4.69, 9.17) is 5.26 Å². The van der Waals surface area contributed by atoms with Gasteiger partial charge in [0, 0.05) is 18.8 Å². The molecule has 0 amide bonds. The van der Waals surface area contributed by atoms with Crippen LogP contribution in [0.5, 0.6) is 0 Å². The minimum absolute atomic E-state index is 0.426. The molecule has 0 fully saturated rings. The fourth-order valence-electron chi connectivity index (χ4n) is 1.70. The Hall–Kier alpha value is -2.18. The third-order valence-electron chi connectivity index (χ3n) is 2.63. The van der Waals surface area contributed by atoms with Gasteiger partial charge in [0.05, 0.1) is 11.7 Å². The van der Waals surface area contributed by atoms with E-state index >= 15 is 0 Å². The maximum absolute atomic E-state index is 10.1. The zero-order valence-electron chi connectivity index (χ0n) is 9.24. The topological polar surface area (TPSA) is 56.9 Å². The summed E-state index contributed by atoms with van der Waals surface area (Å²) in [4.78, 5) is 3.89. The Balaban J connectivity index is 2.19. The molecule has 1 atom stereocenters. The van der Waals surface area contributed by atoms with Crippen LogP contribution in [0.1, 0.15) is 22.8 Å². The molecule has 2 rings (SSSR count). The lowest BCUT2D eigenvalue weighted by Crippen LogP contribution is -2.03. The number of aromatic nitrogens is 1. The minimum atomic E-state index is -0.592. The van der Waals surface area contributed by atoms with Crippen LogP contribution in [0.25, 0.3) is 0 Å². The predicted octanol–water partition coefficient (Wildman–Crippen LogP) is 2.23. The van der Waals surface area contributed by atoms with E-state index in [9.17, 15) is 5.11 Å². The van der Waals surface area contributed by atoms with Crippen molar-refractivity contribution in [2.75, 3.05) is 0 Å². The molecule has 0 saturated carbocycles. The van der Waals surface area contributed by atoms with Crippen molar-refractivity contribution < 1.29 is 5.11 Å². The summed E-state index contributed by atoms with van der Waals surface area (Å²) >= 11 is 0. The summed E-state index contributed by atoms with van der Waals surface area (Å²) < 4.78 is 0. The summed E-state index contributed by atoms with van der Waals surface area (Å²) in [5.74, 6) is 0. The lowest BCUT2D eigenvalue weighted by molar-refractivity contribution is 0.178. The first kappa shape index (κ1) is 11.3. The average Bonchev–Trinajstić information content (AvgIpc) is 2.40. The van der Waals surface area contributed by atoms with Crippen LogP contribution in [0.15, 0.2) is 48.8 Å². The molecule has 84 valence electrons. The second kappa shape index (κ2) is 5.24. The van der Waals surface area contributed by atoms with Gasteiger partial charge in [-0.1, -0.05) is 30.3 Å². The molecule has 0 bridgehead atoms. The number of hydrogen-bond acceptors (Lipinski definition) is 3. The summed E-state index contributed by atoms with van der Waals surface area (Å²) in [5.41, 5.74) is 2.19. The zero-order chi connectivity index (χ0) is 12.1. The van der Waals surface area contributed by atoms with Crippen LogP contribution in [0.3, 0.4) is 0 Å². The molecular weight excluding hydrogens is 212 g/mol. The van der Waals surface area contributed by atoms with Gasteiger partial charge in [-0.05, 0) is 17.2 Å². The Bertz CT molecular complexity index is 531. The molecule has 3 heteroatoms. The third kappa shape index (κ3) is 2.68. The van der Waals surface area contributed by atoms with Gasteiger partial charge in [-0.25, -0.2) is 0 Å². The highest BCUT2D eigenvalue weighted by molar-refractivity contribution is 5.35. The van der Waals surface area contributed by atoms with Crippen molar-refractivity contribution >= 4 is 0 Å². The van der Waals surface area contributed by atoms with Gasteiger partial charge in [0.15, 0.2) is 0 Å². The fraction of sp³-hybridized carbons (Fsp3) is 0.143. The van der Waals surface area contributed by atoms with Crippen LogP contribution in [0.2, 0.25) is 0 Å². The van der Waals surface area contributed by atoms with E-state index in [0.717, 1.165) is 11.1 Å². The molecular formula is C14H12N2O. The van der Waals surface area contributed by atoms with E-state index in [1.165, 1.54) is 6.20 Å². The molecule has 0 saturated heterocycles. The van der Waals surface area contributed by atoms with Gasteiger partial charge in [-0.15, -0.1) is 0 Å². The normalized spacial score (nSPS) is 11.8. The van der Waals surface area contributed by atoms with Crippen molar-refractivity contribution in [3.8, 4) is 6.07 Å². The molecule has 1 N–H and O–H groups in total. The Kier molecular flexibility index (Phi) is 3.49. The molecule has 2 aromatic rings.